The lowest BCUT2D eigenvalue weighted by Crippen LogP contribution is -2.40. The standard InChI is InChI=1S/C27H23N3O4S/c1-4-34-26(32)22-16(2)29-27-30(25(31)21(35-27)14-17-8-7-13-28-15-17)24(22)23-19-10-6-5-9-18(19)11-12-20(23)33-3/h5-15,24H,4H2,1-3H3/b21-14-/t24-/m0/s1. The summed E-state index contributed by atoms with van der Waals surface area (Å²) < 4.78 is 13.3. The molecule has 0 aliphatic carbocycles. The first-order valence-electron chi connectivity index (χ1n) is 11.2. The maximum Gasteiger partial charge on any atom is 0.338 e. The molecular weight excluding hydrogens is 462 g/mol. The molecule has 5 rings (SSSR count). The van der Waals surface area contributed by atoms with E-state index >= 15 is 0 Å². The molecule has 0 saturated carbocycles. The number of hydrogen-bond donors (Lipinski definition) is 0. The fourth-order valence-electron chi connectivity index (χ4n) is 4.41. The van der Waals surface area contributed by atoms with E-state index in [1.54, 1.807) is 44.0 Å². The second-order valence-corrected chi connectivity index (χ2v) is 9.00. The Kier molecular flexibility index (Phi) is 6.05. The van der Waals surface area contributed by atoms with Gasteiger partial charge in [0, 0.05) is 18.0 Å². The number of benzene rings is 2. The second-order valence-electron chi connectivity index (χ2n) is 7.99. The number of thiazole rings is 1. The van der Waals surface area contributed by atoms with Crippen LogP contribution in [0.5, 0.6) is 5.75 Å². The predicted octanol–water partition coefficient (Wildman–Crippen LogP) is 3.36. The second kappa shape index (κ2) is 9.31. The minimum atomic E-state index is -0.762. The van der Waals surface area contributed by atoms with E-state index in [1.807, 2.05) is 48.5 Å². The number of aromatic nitrogens is 2. The van der Waals surface area contributed by atoms with Gasteiger partial charge in [0.05, 0.1) is 29.5 Å². The van der Waals surface area contributed by atoms with E-state index in [4.69, 9.17) is 9.47 Å². The van der Waals surface area contributed by atoms with E-state index in [2.05, 4.69) is 9.98 Å². The van der Waals surface area contributed by atoms with Gasteiger partial charge >= 0.3 is 5.97 Å². The summed E-state index contributed by atoms with van der Waals surface area (Å²) in [5, 5.41) is 1.86. The zero-order valence-corrected chi connectivity index (χ0v) is 20.3. The van der Waals surface area contributed by atoms with Crippen LogP contribution in [0.4, 0.5) is 0 Å². The van der Waals surface area contributed by atoms with Crippen molar-refractivity contribution in [1.82, 2.24) is 9.55 Å². The Labute approximate surface area is 205 Å². The van der Waals surface area contributed by atoms with Crippen LogP contribution in [0, 0.1) is 0 Å². The van der Waals surface area contributed by atoms with Crippen LogP contribution in [-0.2, 0) is 9.53 Å². The molecule has 0 fully saturated rings. The van der Waals surface area contributed by atoms with E-state index in [0.29, 0.717) is 26.4 Å². The monoisotopic (exact) mass is 485 g/mol. The van der Waals surface area contributed by atoms with Gasteiger partial charge in [-0.05, 0) is 48.4 Å². The molecule has 7 nitrogen and oxygen atoms in total. The molecule has 4 aromatic rings. The molecule has 0 radical (unpaired) electrons. The maximum atomic E-state index is 13.8. The maximum absolute atomic E-state index is 13.8. The summed E-state index contributed by atoms with van der Waals surface area (Å²) in [5.74, 6) is 0.0716. The number of carbonyl (C=O) groups is 1. The van der Waals surface area contributed by atoms with Crippen molar-refractivity contribution in [3.8, 4) is 5.75 Å². The van der Waals surface area contributed by atoms with Gasteiger partial charge in [0.1, 0.15) is 11.8 Å². The van der Waals surface area contributed by atoms with Gasteiger partial charge in [-0.25, -0.2) is 9.79 Å². The Morgan fingerprint density at radius 2 is 2.00 bits per heavy atom. The SMILES string of the molecule is CCOC(=O)C1=C(C)N=c2s/c(=C\c3cccnc3)c(=O)n2[C@@H]1c1c(OC)ccc2ccccc12. The topological polar surface area (TPSA) is 82.8 Å². The van der Waals surface area contributed by atoms with Gasteiger partial charge in [-0.15, -0.1) is 0 Å². The van der Waals surface area contributed by atoms with Crippen LogP contribution in [0.25, 0.3) is 16.8 Å². The zero-order valence-electron chi connectivity index (χ0n) is 19.5. The summed E-state index contributed by atoms with van der Waals surface area (Å²) in [7, 11) is 1.58. The highest BCUT2D eigenvalue weighted by Gasteiger charge is 2.36. The Balaban J connectivity index is 1.86. The molecule has 0 saturated heterocycles. The van der Waals surface area contributed by atoms with E-state index in [-0.39, 0.29) is 12.2 Å². The van der Waals surface area contributed by atoms with E-state index in [0.717, 1.165) is 21.9 Å². The molecule has 1 aliphatic heterocycles. The van der Waals surface area contributed by atoms with Crippen LogP contribution in [-0.4, -0.2) is 29.2 Å². The Morgan fingerprint density at radius 3 is 2.74 bits per heavy atom. The van der Waals surface area contributed by atoms with Crippen molar-refractivity contribution >= 4 is 34.2 Å². The van der Waals surface area contributed by atoms with Crippen molar-refractivity contribution in [2.45, 2.75) is 19.9 Å². The summed E-state index contributed by atoms with van der Waals surface area (Å²) in [5.41, 5.74) is 2.11. The molecule has 0 bridgehead atoms. The minimum absolute atomic E-state index is 0.209. The van der Waals surface area contributed by atoms with Gasteiger partial charge in [-0.1, -0.05) is 47.7 Å². The van der Waals surface area contributed by atoms with Crippen molar-refractivity contribution < 1.29 is 14.3 Å². The van der Waals surface area contributed by atoms with Crippen LogP contribution < -0.4 is 19.6 Å². The third-order valence-corrected chi connectivity index (χ3v) is 6.91. The molecule has 3 heterocycles. The summed E-state index contributed by atoms with van der Waals surface area (Å²) in [6.45, 7) is 3.74. The summed E-state index contributed by atoms with van der Waals surface area (Å²) >= 11 is 1.28. The molecule has 2 aromatic carbocycles. The van der Waals surface area contributed by atoms with Gasteiger partial charge in [-0.3, -0.25) is 14.3 Å². The van der Waals surface area contributed by atoms with Gasteiger partial charge in [0.15, 0.2) is 4.80 Å². The minimum Gasteiger partial charge on any atom is -0.496 e. The molecule has 176 valence electrons. The van der Waals surface area contributed by atoms with Gasteiger partial charge in [0.2, 0.25) is 0 Å². The van der Waals surface area contributed by atoms with Crippen LogP contribution in [0.3, 0.4) is 0 Å². The molecular formula is C27H23N3O4S. The normalized spacial score (nSPS) is 15.6. The molecule has 1 atom stereocenters. The number of allylic oxidation sites excluding steroid dienone is 1. The molecule has 0 unspecified atom stereocenters. The number of rotatable bonds is 5. The third kappa shape index (κ3) is 3.95. The number of hydrogen-bond acceptors (Lipinski definition) is 7. The third-order valence-electron chi connectivity index (χ3n) is 5.92. The highest BCUT2D eigenvalue weighted by Crippen LogP contribution is 2.40. The molecule has 0 amide bonds. The van der Waals surface area contributed by atoms with Crippen molar-refractivity contribution in [1.29, 1.82) is 0 Å². The van der Waals surface area contributed by atoms with Crippen LogP contribution in [0.2, 0.25) is 0 Å². The fraction of sp³-hybridized carbons (Fsp3) is 0.185. The molecule has 0 N–H and O–H groups in total. The predicted molar refractivity (Wildman–Crippen MR) is 135 cm³/mol. The summed E-state index contributed by atoms with van der Waals surface area (Å²) in [4.78, 5) is 36.3. The molecule has 1 aliphatic rings. The number of esters is 1. The van der Waals surface area contributed by atoms with Crippen molar-refractivity contribution in [2.75, 3.05) is 13.7 Å². The largest absolute Gasteiger partial charge is 0.496 e. The van der Waals surface area contributed by atoms with E-state index in [9.17, 15) is 9.59 Å². The molecule has 35 heavy (non-hydrogen) atoms. The average molecular weight is 486 g/mol. The highest BCUT2D eigenvalue weighted by atomic mass is 32.1. The number of carbonyl (C=O) groups excluding carboxylic acids is 1. The van der Waals surface area contributed by atoms with Crippen LogP contribution in [0.1, 0.15) is 31.0 Å². The summed E-state index contributed by atoms with van der Waals surface area (Å²) in [6.07, 6.45) is 5.16. The number of fused-ring (bicyclic) bond motifs is 2. The first-order chi connectivity index (χ1) is 17.0. The van der Waals surface area contributed by atoms with Gasteiger partial charge < -0.3 is 9.47 Å². The highest BCUT2D eigenvalue weighted by molar-refractivity contribution is 7.07. The van der Waals surface area contributed by atoms with Crippen molar-refractivity contribution in [3.63, 3.8) is 0 Å². The molecule has 8 heteroatoms. The van der Waals surface area contributed by atoms with E-state index in [1.165, 1.54) is 11.3 Å². The van der Waals surface area contributed by atoms with Crippen molar-refractivity contribution in [3.05, 3.63) is 103 Å². The van der Waals surface area contributed by atoms with Crippen LogP contribution >= 0.6 is 11.3 Å². The number of ether oxygens (including phenoxy) is 2. The Bertz CT molecular complexity index is 1650. The first-order valence-corrected chi connectivity index (χ1v) is 12.0. The first kappa shape index (κ1) is 22.7. The Hall–Kier alpha value is -4.04. The zero-order chi connectivity index (χ0) is 24.5. The van der Waals surface area contributed by atoms with Gasteiger partial charge in [0.25, 0.3) is 5.56 Å². The van der Waals surface area contributed by atoms with Crippen LogP contribution in [0.15, 0.2) is 82.0 Å². The van der Waals surface area contributed by atoms with E-state index < -0.39 is 12.0 Å². The summed E-state index contributed by atoms with van der Waals surface area (Å²) in [6, 6.07) is 14.6. The molecule has 2 aromatic heterocycles. The number of pyridine rings is 1. The quantitative estimate of drug-likeness (QED) is 0.405. The number of nitrogens with zero attached hydrogens (tertiary/aromatic N) is 3. The Morgan fingerprint density at radius 1 is 1.17 bits per heavy atom. The average Bonchev–Trinajstić information content (AvgIpc) is 3.17. The fourth-order valence-corrected chi connectivity index (χ4v) is 5.46. The lowest BCUT2D eigenvalue weighted by Gasteiger charge is -2.27. The lowest BCUT2D eigenvalue weighted by molar-refractivity contribution is -0.139. The lowest BCUT2D eigenvalue weighted by atomic mass is 9.90. The van der Waals surface area contributed by atoms with Gasteiger partial charge in [-0.2, -0.15) is 0 Å². The molecule has 0 spiro atoms. The smallest absolute Gasteiger partial charge is 0.338 e. The number of methoxy groups -OCH3 is 1. The van der Waals surface area contributed by atoms with Crippen molar-refractivity contribution in [2.24, 2.45) is 4.99 Å².